The fourth-order valence-corrected chi connectivity index (χ4v) is 4.03. The molecule has 21 heavy (non-hydrogen) atoms. The third kappa shape index (κ3) is 5.54. The van der Waals surface area contributed by atoms with Crippen LogP contribution in [-0.2, 0) is 0 Å². The van der Waals surface area contributed by atoms with E-state index in [-0.39, 0.29) is 5.54 Å². The van der Waals surface area contributed by atoms with Crippen LogP contribution in [0.5, 0.6) is 0 Å². The molecule has 1 aliphatic carbocycles. The predicted octanol–water partition coefficient (Wildman–Crippen LogP) is 3.15. The number of nitrogens with zero attached hydrogens (tertiary/aromatic N) is 1. The molecule has 0 aromatic carbocycles. The van der Waals surface area contributed by atoms with E-state index in [1.165, 1.54) is 71.0 Å². The van der Waals surface area contributed by atoms with Gasteiger partial charge in [-0.1, -0.05) is 25.7 Å². The Morgan fingerprint density at radius 3 is 2.10 bits per heavy atom. The molecular formula is C18H37N3. The normalized spacial score (nSPS) is 24.1. The highest BCUT2D eigenvalue weighted by molar-refractivity contribution is 4.96. The van der Waals surface area contributed by atoms with Crippen LogP contribution in [0.4, 0.5) is 0 Å². The molecule has 3 nitrogen and oxygen atoms in total. The zero-order chi connectivity index (χ0) is 15.2. The Labute approximate surface area is 132 Å². The first kappa shape index (κ1) is 17.2. The Kier molecular flexibility index (Phi) is 6.51. The van der Waals surface area contributed by atoms with E-state index in [2.05, 4.69) is 36.3 Å². The van der Waals surface area contributed by atoms with Crippen molar-refractivity contribution < 1.29 is 0 Å². The summed E-state index contributed by atoms with van der Waals surface area (Å²) in [6, 6.07) is 0. The van der Waals surface area contributed by atoms with Crippen LogP contribution in [0.25, 0.3) is 0 Å². The van der Waals surface area contributed by atoms with E-state index in [9.17, 15) is 0 Å². The molecule has 0 spiro atoms. The van der Waals surface area contributed by atoms with Crippen molar-refractivity contribution in [2.45, 2.75) is 83.2 Å². The quantitative estimate of drug-likeness (QED) is 0.737. The summed E-state index contributed by atoms with van der Waals surface area (Å²) < 4.78 is 0. The van der Waals surface area contributed by atoms with Crippen molar-refractivity contribution in [2.24, 2.45) is 0 Å². The molecule has 1 heterocycles. The van der Waals surface area contributed by atoms with Crippen molar-refractivity contribution in [3.8, 4) is 0 Å². The summed E-state index contributed by atoms with van der Waals surface area (Å²) in [5.41, 5.74) is 0.706. The summed E-state index contributed by atoms with van der Waals surface area (Å²) in [6.07, 6.45) is 11.4. The molecule has 0 unspecified atom stereocenters. The molecule has 3 heteroatoms. The van der Waals surface area contributed by atoms with E-state index in [1.807, 2.05) is 0 Å². The fraction of sp³-hybridized carbons (Fsp3) is 1.00. The molecule has 0 amide bonds. The summed E-state index contributed by atoms with van der Waals surface area (Å²) in [6.45, 7) is 12.7. The van der Waals surface area contributed by atoms with Gasteiger partial charge in [0.25, 0.3) is 0 Å². The molecule has 2 N–H and O–H groups in total. The Hall–Kier alpha value is -0.120. The van der Waals surface area contributed by atoms with Crippen molar-refractivity contribution in [3.05, 3.63) is 0 Å². The van der Waals surface area contributed by atoms with Gasteiger partial charge in [-0.15, -0.1) is 0 Å². The molecule has 2 aliphatic rings. The van der Waals surface area contributed by atoms with Crippen LogP contribution in [-0.4, -0.2) is 48.7 Å². The second-order valence-electron chi connectivity index (χ2n) is 8.19. The third-order valence-electron chi connectivity index (χ3n) is 5.22. The van der Waals surface area contributed by atoms with Gasteiger partial charge in [-0.2, -0.15) is 0 Å². The highest BCUT2D eigenvalue weighted by Crippen LogP contribution is 2.35. The number of hydrogen-bond acceptors (Lipinski definition) is 3. The Balaban J connectivity index is 1.79. The van der Waals surface area contributed by atoms with Crippen molar-refractivity contribution in [1.82, 2.24) is 15.5 Å². The molecule has 0 atom stereocenters. The van der Waals surface area contributed by atoms with E-state index < -0.39 is 0 Å². The standard InChI is InChI=1S/C18H37N3/c1-17(2,3)20-13-12-19-16-18(10-6-4-7-11-18)21-14-8-5-9-15-21/h19-20H,4-16H2,1-3H3. The molecule has 0 bridgehead atoms. The largest absolute Gasteiger partial charge is 0.314 e. The number of piperidine rings is 1. The van der Waals surface area contributed by atoms with Gasteiger partial charge < -0.3 is 10.6 Å². The third-order valence-corrected chi connectivity index (χ3v) is 5.22. The van der Waals surface area contributed by atoms with E-state index in [0.29, 0.717) is 5.54 Å². The molecule has 0 aromatic heterocycles. The number of hydrogen-bond donors (Lipinski definition) is 2. The minimum atomic E-state index is 0.233. The van der Waals surface area contributed by atoms with E-state index in [4.69, 9.17) is 0 Å². The Morgan fingerprint density at radius 1 is 0.857 bits per heavy atom. The van der Waals surface area contributed by atoms with Crippen LogP contribution in [0.15, 0.2) is 0 Å². The van der Waals surface area contributed by atoms with Crippen LogP contribution in [0, 0.1) is 0 Å². The Bertz CT molecular complexity index is 283. The lowest BCUT2D eigenvalue weighted by molar-refractivity contribution is 0.0337. The van der Waals surface area contributed by atoms with Gasteiger partial charge in [-0.05, 0) is 59.5 Å². The van der Waals surface area contributed by atoms with Crippen LogP contribution in [0.3, 0.4) is 0 Å². The molecule has 0 radical (unpaired) electrons. The van der Waals surface area contributed by atoms with Crippen molar-refractivity contribution in [2.75, 3.05) is 32.7 Å². The smallest absolute Gasteiger partial charge is 0.0333 e. The number of likely N-dealkylation sites (tertiary alicyclic amines) is 1. The van der Waals surface area contributed by atoms with E-state index >= 15 is 0 Å². The summed E-state index contributed by atoms with van der Waals surface area (Å²) >= 11 is 0. The van der Waals surface area contributed by atoms with Gasteiger partial charge in [0.1, 0.15) is 0 Å². The molecule has 0 aromatic rings. The molecular weight excluding hydrogens is 258 g/mol. The SMILES string of the molecule is CC(C)(C)NCCNCC1(N2CCCCC2)CCCCC1. The highest BCUT2D eigenvalue weighted by Gasteiger charge is 2.37. The van der Waals surface area contributed by atoms with Gasteiger partial charge in [0, 0.05) is 30.7 Å². The first-order valence-electron chi connectivity index (χ1n) is 9.23. The lowest BCUT2D eigenvalue weighted by atomic mass is 9.79. The molecule has 1 saturated carbocycles. The number of rotatable bonds is 6. The minimum Gasteiger partial charge on any atom is -0.314 e. The topological polar surface area (TPSA) is 27.3 Å². The maximum absolute atomic E-state index is 3.76. The van der Waals surface area contributed by atoms with Gasteiger partial charge in [0.15, 0.2) is 0 Å². The molecule has 2 fully saturated rings. The fourth-order valence-electron chi connectivity index (χ4n) is 4.03. The molecule has 1 aliphatic heterocycles. The van der Waals surface area contributed by atoms with Crippen molar-refractivity contribution in [1.29, 1.82) is 0 Å². The van der Waals surface area contributed by atoms with Gasteiger partial charge >= 0.3 is 0 Å². The van der Waals surface area contributed by atoms with Gasteiger partial charge in [0.05, 0.1) is 0 Å². The van der Waals surface area contributed by atoms with Crippen molar-refractivity contribution in [3.63, 3.8) is 0 Å². The summed E-state index contributed by atoms with van der Waals surface area (Å²) in [7, 11) is 0. The van der Waals surface area contributed by atoms with Crippen LogP contribution in [0.1, 0.15) is 72.1 Å². The Morgan fingerprint density at radius 2 is 1.48 bits per heavy atom. The summed E-state index contributed by atoms with van der Waals surface area (Å²) in [5, 5.41) is 7.34. The minimum absolute atomic E-state index is 0.233. The van der Waals surface area contributed by atoms with E-state index in [0.717, 1.165) is 13.1 Å². The maximum Gasteiger partial charge on any atom is 0.0333 e. The van der Waals surface area contributed by atoms with Crippen molar-refractivity contribution >= 4 is 0 Å². The van der Waals surface area contributed by atoms with E-state index in [1.54, 1.807) is 0 Å². The lowest BCUT2D eigenvalue weighted by Crippen LogP contribution is -2.58. The average molecular weight is 296 g/mol. The van der Waals surface area contributed by atoms with Crippen LogP contribution >= 0.6 is 0 Å². The summed E-state index contributed by atoms with van der Waals surface area (Å²) in [4.78, 5) is 2.83. The monoisotopic (exact) mass is 295 g/mol. The van der Waals surface area contributed by atoms with Gasteiger partial charge in [-0.25, -0.2) is 0 Å². The number of nitrogens with one attached hydrogen (secondary N) is 2. The highest BCUT2D eigenvalue weighted by atomic mass is 15.2. The second kappa shape index (κ2) is 7.94. The van der Waals surface area contributed by atoms with Crippen LogP contribution < -0.4 is 10.6 Å². The second-order valence-corrected chi connectivity index (χ2v) is 8.19. The van der Waals surface area contributed by atoms with Gasteiger partial charge in [0.2, 0.25) is 0 Å². The first-order valence-corrected chi connectivity index (χ1v) is 9.23. The maximum atomic E-state index is 3.76. The van der Waals surface area contributed by atoms with Crippen LogP contribution in [0.2, 0.25) is 0 Å². The lowest BCUT2D eigenvalue weighted by Gasteiger charge is -2.48. The first-order chi connectivity index (χ1) is 10.0. The molecule has 1 saturated heterocycles. The predicted molar refractivity (Wildman–Crippen MR) is 91.9 cm³/mol. The zero-order valence-corrected chi connectivity index (χ0v) is 14.6. The molecule has 2 rings (SSSR count). The summed E-state index contributed by atoms with van der Waals surface area (Å²) in [5.74, 6) is 0. The van der Waals surface area contributed by atoms with Gasteiger partial charge in [-0.3, -0.25) is 4.90 Å². The zero-order valence-electron chi connectivity index (χ0n) is 14.6. The molecule has 124 valence electrons. The average Bonchev–Trinajstić information content (AvgIpc) is 2.48.